The summed E-state index contributed by atoms with van der Waals surface area (Å²) < 4.78 is 0. The van der Waals surface area contributed by atoms with Crippen molar-refractivity contribution in [1.82, 2.24) is 0 Å². The summed E-state index contributed by atoms with van der Waals surface area (Å²) >= 11 is 0. The van der Waals surface area contributed by atoms with Gasteiger partial charge in [0, 0.05) is 0 Å². The van der Waals surface area contributed by atoms with E-state index in [4.69, 9.17) is 10.2 Å². The molecule has 0 saturated carbocycles. The van der Waals surface area contributed by atoms with E-state index < -0.39 is 11.9 Å². The number of aromatic carboxylic acids is 2. The average Bonchev–Trinajstić information content (AvgIpc) is 2.39. The molecule has 0 unspecified atom stereocenters. The van der Waals surface area contributed by atoms with Crippen LogP contribution in [0.3, 0.4) is 0 Å². The maximum Gasteiger partial charge on any atom is 1.00 e. The second kappa shape index (κ2) is 6.98. The maximum atomic E-state index is 10.7. The van der Waals surface area contributed by atoms with Crippen molar-refractivity contribution in [3.63, 3.8) is 0 Å². The van der Waals surface area contributed by atoms with Gasteiger partial charge in [-0.1, -0.05) is 24.3 Å². The first kappa shape index (κ1) is 16.1. The second-order valence-electron chi connectivity index (χ2n) is 3.77. The number of hydrogen-bond acceptors (Lipinski definition) is 2. The second-order valence-corrected chi connectivity index (χ2v) is 3.77. The number of carboxylic acid groups (broad SMARTS) is 2. The smallest absolute Gasteiger partial charge is 1.00 e. The fourth-order valence-corrected chi connectivity index (χ4v) is 1.61. The zero-order valence-electron chi connectivity index (χ0n) is 11.3. The van der Waals surface area contributed by atoms with Crippen molar-refractivity contribution in [2.45, 2.75) is 0 Å². The molecule has 0 amide bonds. The fourth-order valence-electron chi connectivity index (χ4n) is 1.61. The average molecular weight is 282 g/mol. The Labute approximate surface area is 154 Å². The van der Waals surface area contributed by atoms with Crippen molar-refractivity contribution < 1.29 is 72.6 Å². The molecule has 0 heterocycles. The number of carboxylic acids is 2. The summed E-state index contributed by atoms with van der Waals surface area (Å²) in [5.74, 6) is -1.94. The van der Waals surface area contributed by atoms with Gasteiger partial charge in [-0.05, 0) is 35.4 Å². The number of carbonyl (C=O) groups is 2. The van der Waals surface area contributed by atoms with Crippen LogP contribution >= 0.6 is 0 Å². The van der Waals surface area contributed by atoms with Crippen LogP contribution in [0.25, 0.3) is 11.1 Å². The molecule has 5 heteroatoms. The van der Waals surface area contributed by atoms with Crippen LogP contribution in [0.15, 0.2) is 48.5 Å². The van der Waals surface area contributed by atoms with Gasteiger partial charge in [-0.25, -0.2) is 9.59 Å². The Morgan fingerprint density at radius 3 is 1.16 bits per heavy atom. The van der Waals surface area contributed by atoms with Gasteiger partial charge in [0.15, 0.2) is 0 Å². The van der Waals surface area contributed by atoms with Gasteiger partial charge in [0.2, 0.25) is 0 Å². The molecule has 4 nitrogen and oxygen atoms in total. The monoisotopic (exact) mass is 282 g/mol. The Morgan fingerprint density at radius 2 is 0.947 bits per heavy atom. The van der Waals surface area contributed by atoms with Gasteiger partial charge in [0.25, 0.3) is 0 Å². The van der Waals surface area contributed by atoms with Gasteiger partial charge in [-0.15, -0.1) is 0 Å². The minimum absolute atomic E-state index is 0. The Hall–Kier alpha value is -0.984. The predicted molar refractivity (Wildman–Crippen MR) is 66.9 cm³/mol. The van der Waals surface area contributed by atoms with E-state index in [1.807, 2.05) is 0 Å². The molecule has 0 aromatic heterocycles. The minimum atomic E-state index is -0.970. The molecular weight excluding hydrogens is 271 g/mol. The van der Waals surface area contributed by atoms with Crippen LogP contribution in [0.2, 0.25) is 0 Å². The first-order valence-electron chi connectivity index (χ1n) is 5.25. The normalized spacial score (nSPS) is 9.47. The summed E-state index contributed by atoms with van der Waals surface area (Å²) in [6.45, 7) is 0. The maximum absolute atomic E-state index is 10.7. The topological polar surface area (TPSA) is 74.6 Å². The van der Waals surface area contributed by atoms with E-state index in [9.17, 15) is 9.59 Å². The molecule has 92 valence electrons. The molecule has 0 saturated heterocycles. The van der Waals surface area contributed by atoms with E-state index in [1.54, 1.807) is 24.3 Å². The molecular formula is C14H11KO4. The molecule has 2 aromatic rings. The van der Waals surface area contributed by atoms with E-state index >= 15 is 0 Å². The molecule has 0 aliphatic carbocycles. The van der Waals surface area contributed by atoms with Crippen molar-refractivity contribution >= 4 is 11.9 Å². The molecule has 2 N–H and O–H groups in total. The third-order valence-corrected chi connectivity index (χ3v) is 2.60. The molecule has 0 bridgehead atoms. The standard InChI is InChI=1S/C14H10O4.K.H/c15-13(16)11-5-1-9(2-6-11)10-3-7-12(8-4-10)14(17)18;;/h1-8H,(H,15,16)(H,17,18);;/q;+1;-1. The minimum Gasteiger partial charge on any atom is -1.00 e. The van der Waals surface area contributed by atoms with Gasteiger partial charge >= 0.3 is 63.3 Å². The van der Waals surface area contributed by atoms with Crippen LogP contribution < -0.4 is 51.4 Å². The Balaban J connectivity index is 0.00000180. The molecule has 19 heavy (non-hydrogen) atoms. The zero-order valence-corrected chi connectivity index (χ0v) is 13.5. The number of benzene rings is 2. The SMILES string of the molecule is O=C(O)c1ccc(-c2ccc(C(=O)O)cc2)cc1.[H-].[K+]. The third-order valence-electron chi connectivity index (χ3n) is 2.60. The summed E-state index contributed by atoms with van der Waals surface area (Å²) in [5.41, 5.74) is 2.13. The molecule has 0 aliphatic rings. The number of hydrogen-bond donors (Lipinski definition) is 2. The summed E-state index contributed by atoms with van der Waals surface area (Å²) in [7, 11) is 0. The largest absolute Gasteiger partial charge is 1.00 e. The van der Waals surface area contributed by atoms with Gasteiger partial charge in [-0.2, -0.15) is 0 Å². The van der Waals surface area contributed by atoms with E-state index in [0.717, 1.165) is 11.1 Å². The third kappa shape index (κ3) is 3.99. The molecule has 0 spiro atoms. The molecule has 2 rings (SSSR count). The first-order chi connectivity index (χ1) is 8.58. The van der Waals surface area contributed by atoms with E-state index in [1.165, 1.54) is 24.3 Å². The van der Waals surface area contributed by atoms with E-state index in [0.29, 0.717) is 0 Å². The summed E-state index contributed by atoms with van der Waals surface area (Å²) in [4.78, 5) is 21.4. The van der Waals surface area contributed by atoms with Crippen LogP contribution in [0.1, 0.15) is 22.1 Å². The van der Waals surface area contributed by atoms with Gasteiger partial charge in [0.05, 0.1) is 11.1 Å². The van der Waals surface area contributed by atoms with Gasteiger partial charge < -0.3 is 11.6 Å². The molecule has 0 atom stereocenters. The summed E-state index contributed by atoms with van der Waals surface area (Å²) in [5, 5.41) is 17.6. The van der Waals surface area contributed by atoms with E-state index in [2.05, 4.69) is 0 Å². The predicted octanol–water partition coefficient (Wildman–Crippen LogP) is -0.133. The number of rotatable bonds is 3. The van der Waals surface area contributed by atoms with Gasteiger partial charge in [0.1, 0.15) is 0 Å². The first-order valence-corrected chi connectivity index (χ1v) is 5.25. The Morgan fingerprint density at radius 1 is 0.684 bits per heavy atom. The van der Waals surface area contributed by atoms with Crippen molar-refractivity contribution in [3.05, 3.63) is 59.7 Å². The molecule has 0 aliphatic heterocycles. The van der Waals surface area contributed by atoms with Crippen molar-refractivity contribution in [2.24, 2.45) is 0 Å². The summed E-state index contributed by atoms with van der Waals surface area (Å²) in [6.07, 6.45) is 0. The molecule has 2 aromatic carbocycles. The van der Waals surface area contributed by atoms with E-state index in [-0.39, 0.29) is 63.9 Å². The van der Waals surface area contributed by atoms with Crippen LogP contribution in [0.5, 0.6) is 0 Å². The van der Waals surface area contributed by atoms with Crippen LogP contribution in [-0.4, -0.2) is 22.2 Å². The van der Waals surface area contributed by atoms with Crippen LogP contribution in [0.4, 0.5) is 0 Å². The molecule has 0 fully saturated rings. The quantitative estimate of drug-likeness (QED) is 0.769. The zero-order chi connectivity index (χ0) is 13.1. The van der Waals surface area contributed by atoms with Crippen molar-refractivity contribution in [1.29, 1.82) is 0 Å². The summed E-state index contributed by atoms with van der Waals surface area (Å²) in [6, 6.07) is 12.8. The Bertz CT molecular complexity index is 538. The Kier molecular flexibility index (Phi) is 5.90. The van der Waals surface area contributed by atoms with Crippen LogP contribution in [-0.2, 0) is 0 Å². The molecule has 0 radical (unpaired) electrons. The van der Waals surface area contributed by atoms with Crippen molar-refractivity contribution in [2.75, 3.05) is 0 Å². The van der Waals surface area contributed by atoms with Crippen molar-refractivity contribution in [3.8, 4) is 11.1 Å². The fraction of sp³-hybridized carbons (Fsp3) is 0. The van der Waals surface area contributed by atoms with Crippen LogP contribution in [0, 0.1) is 0 Å². The van der Waals surface area contributed by atoms with Gasteiger partial charge in [-0.3, -0.25) is 0 Å².